The Hall–Kier alpha value is -3.40. The molecule has 35 heavy (non-hydrogen) atoms. The maximum Gasteiger partial charge on any atom is 0.263 e. The summed E-state index contributed by atoms with van der Waals surface area (Å²) in [5.74, 6) is 0.574. The third-order valence-electron chi connectivity index (χ3n) is 4.87. The van der Waals surface area contributed by atoms with E-state index in [-0.39, 0.29) is 6.54 Å². The number of carbonyl (C=O) groups is 2. The summed E-state index contributed by atoms with van der Waals surface area (Å²) in [4.78, 5) is 29.3. The summed E-state index contributed by atoms with van der Waals surface area (Å²) in [6.07, 6.45) is 3.29. The molecule has 0 saturated carbocycles. The SMILES string of the molecule is COc1ccc(/C=N/NC(=O)CNC(=O)c2sc3ccccc3c2Cl)cc1CSc1ccccn1. The van der Waals surface area contributed by atoms with Gasteiger partial charge < -0.3 is 10.1 Å². The van der Waals surface area contributed by atoms with E-state index in [1.165, 1.54) is 17.6 Å². The number of fused-ring (bicyclic) bond motifs is 1. The third-order valence-corrected chi connectivity index (χ3v) is 7.54. The van der Waals surface area contributed by atoms with Crippen molar-refractivity contribution in [3.63, 3.8) is 0 Å². The number of hydrazone groups is 1. The van der Waals surface area contributed by atoms with Crippen LogP contribution in [0.4, 0.5) is 0 Å². The number of aromatic nitrogens is 1. The molecule has 10 heteroatoms. The molecule has 0 saturated heterocycles. The molecule has 0 radical (unpaired) electrons. The van der Waals surface area contributed by atoms with Crippen LogP contribution in [0.1, 0.15) is 20.8 Å². The molecule has 0 aliphatic heterocycles. The Kier molecular flexibility index (Phi) is 8.36. The Labute approximate surface area is 215 Å². The summed E-state index contributed by atoms with van der Waals surface area (Å²) < 4.78 is 6.36. The molecule has 178 valence electrons. The molecule has 0 fully saturated rings. The lowest BCUT2D eigenvalue weighted by atomic mass is 10.1. The van der Waals surface area contributed by atoms with Crippen LogP contribution in [-0.2, 0) is 10.5 Å². The van der Waals surface area contributed by atoms with Crippen LogP contribution in [-0.4, -0.2) is 36.7 Å². The second kappa shape index (κ2) is 11.8. The first-order valence-corrected chi connectivity index (χ1v) is 12.7. The highest BCUT2D eigenvalue weighted by Gasteiger charge is 2.17. The van der Waals surface area contributed by atoms with E-state index in [2.05, 4.69) is 20.8 Å². The Morgan fingerprint density at radius 1 is 1.17 bits per heavy atom. The zero-order valence-corrected chi connectivity index (χ0v) is 21.0. The average molecular weight is 525 g/mol. The van der Waals surface area contributed by atoms with Crippen LogP contribution in [0.3, 0.4) is 0 Å². The zero-order valence-electron chi connectivity index (χ0n) is 18.7. The van der Waals surface area contributed by atoms with Crippen molar-refractivity contribution in [1.82, 2.24) is 15.7 Å². The zero-order chi connectivity index (χ0) is 24.6. The molecule has 2 aromatic carbocycles. The molecule has 4 aromatic rings. The quantitative estimate of drug-likeness (QED) is 0.180. The van der Waals surface area contributed by atoms with Gasteiger partial charge in [0.15, 0.2) is 0 Å². The summed E-state index contributed by atoms with van der Waals surface area (Å²) in [7, 11) is 1.62. The van der Waals surface area contributed by atoms with Gasteiger partial charge in [-0.2, -0.15) is 5.10 Å². The molecule has 0 bridgehead atoms. The smallest absolute Gasteiger partial charge is 0.263 e. The van der Waals surface area contributed by atoms with Crippen LogP contribution in [0.25, 0.3) is 10.1 Å². The molecular formula is C25H21ClN4O3S2. The second-order valence-electron chi connectivity index (χ2n) is 7.25. The molecule has 2 amide bonds. The molecule has 2 aromatic heterocycles. The summed E-state index contributed by atoms with van der Waals surface area (Å²) in [5.41, 5.74) is 4.20. The van der Waals surface area contributed by atoms with Crippen LogP contribution >= 0.6 is 34.7 Å². The first-order chi connectivity index (χ1) is 17.0. The standard InChI is InChI=1S/C25H21ClN4O3S2/c1-33-19-10-9-16(12-17(19)15-34-22-8-4-5-11-27-22)13-29-30-21(31)14-28-25(32)24-23(26)18-6-2-3-7-20(18)35-24/h2-13H,14-15H2,1H3,(H,28,32)(H,30,31)/b29-13+. The summed E-state index contributed by atoms with van der Waals surface area (Å²) in [6, 6.07) is 18.9. The van der Waals surface area contributed by atoms with Gasteiger partial charge in [-0.15, -0.1) is 23.1 Å². The van der Waals surface area contributed by atoms with Crippen molar-refractivity contribution in [1.29, 1.82) is 0 Å². The predicted octanol–water partition coefficient (Wildman–Crippen LogP) is 5.13. The number of nitrogens with one attached hydrogen (secondary N) is 2. The molecule has 0 spiro atoms. The molecule has 2 heterocycles. The first kappa shape index (κ1) is 24.7. The molecule has 0 unspecified atom stereocenters. The van der Waals surface area contributed by atoms with Crippen molar-refractivity contribution in [3.8, 4) is 5.75 Å². The van der Waals surface area contributed by atoms with E-state index in [9.17, 15) is 9.59 Å². The monoisotopic (exact) mass is 524 g/mol. The van der Waals surface area contributed by atoms with E-state index >= 15 is 0 Å². The number of hydrogen-bond acceptors (Lipinski definition) is 7. The topological polar surface area (TPSA) is 92.7 Å². The highest BCUT2D eigenvalue weighted by atomic mass is 35.5. The third kappa shape index (κ3) is 6.39. The molecule has 0 aliphatic carbocycles. The lowest BCUT2D eigenvalue weighted by Crippen LogP contribution is -2.34. The predicted molar refractivity (Wildman–Crippen MR) is 142 cm³/mol. The summed E-state index contributed by atoms with van der Waals surface area (Å²) >= 11 is 9.20. The van der Waals surface area contributed by atoms with Gasteiger partial charge in [-0.1, -0.05) is 35.9 Å². The minimum Gasteiger partial charge on any atom is -0.496 e. The van der Waals surface area contributed by atoms with Gasteiger partial charge in [0.2, 0.25) is 0 Å². The Morgan fingerprint density at radius 2 is 2.00 bits per heavy atom. The van der Waals surface area contributed by atoms with E-state index in [0.29, 0.717) is 15.7 Å². The summed E-state index contributed by atoms with van der Waals surface area (Å²) in [6.45, 7) is -0.227. The number of amides is 2. The number of halogens is 1. The second-order valence-corrected chi connectivity index (χ2v) is 9.67. The number of hydrogen-bond donors (Lipinski definition) is 2. The lowest BCUT2D eigenvalue weighted by molar-refractivity contribution is -0.120. The van der Waals surface area contributed by atoms with Crippen molar-refractivity contribution in [3.05, 3.63) is 87.9 Å². The first-order valence-electron chi connectivity index (χ1n) is 10.5. The van der Waals surface area contributed by atoms with Crippen molar-refractivity contribution in [2.75, 3.05) is 13.7 Å². The molecule has 7 nitrogen and oxygen atoms in total. The lowest BCUT2D eigenvalue weighted by Gasteiger charge is -2.09. The number of nitrogens with zero attached hydrogens (tertiary/aromatic N) is 2. The van der Waals surface area contributed by atoms with Gasteiger partial charge in [0, 0.05) is 27.6 Å². The Balaban J connectivity index is 1.31. The fraction of sp³-hybridized carbons (Fsp3) is 0.120. The fourth-order valence-electron chi connectivity index (χ4n) is 3.20. The van der Waals surface area contributed by atoms with Crippen molar-refractivity contribution in [2.24, 2.45) is 5.10 Å². The minimum absolute atomic E-state index is 0.227. The van der Waals surface area contributed by atoms with E-state index < -0.39 is 11.8 Å². The summed E-state index contributed by atoms with van der Waals surface area (Å²) in [5, 5.41) is 8.70. The molecular weight excluding hydrogens is 504 g/mol. The number of carbonyl (C=O) groups excluding carboxylic acids is 2. The molecule has 2 N–H and O–H groups in total. The van der Waals surface area contributed by atoms with Crippen LogP contribution in [0, 0.1) is 0 Å². The van der Waals surface area contributed by atoms with Gasteiger partial charge in [-0.05, 0) is 42.0 Å². The Bertz CT molecular complexity index is 1380. The van der Waals surface area contributed by atoms with Crippen molar-refractivity contribution < 1.29 is 14.3 Å². The van der Waals surface area contributed by atoms with Gasteiger partial charge >= 0.3 is 0 Å². The van der Waals surface area contributed by atoms with Crippen molar-refractivity contribution in [2.45, 2.75) is 10.8 Å². The number of benzene rings is 2. The molecule has 4 rings (SSSR count). The van der Waals surface area contributed by atoms with Gasteiger partial charge in [-0.3, -0.25) is 9.59 Å². The minimum atomic E-state index is -0.453. The number of thioether (sulfide) groups is 1. The van der Waals surface area contributed by atoms with Crippen molar-refractivity contribution >= 4 is 62.8 Å². The van der Waals surface area contributed by atoms with E-state index in [1.54, 1.807) is 25.1 Å². The number of ether oxygens (including phenoxy) is 1. The number of pyridine rings is 1. The van der Waals surface area contributed by atoms with Gasteiger partial charge in [-0.25, -0.2) is 10.4 Å². The molecule has 0 aliphatic rings. The highest BCUT2D eigenvalue weighted by molar-refractivity contribution is 7.98. The number of thiophene rings is 1. The van der Waals surface area contributed by atoms with Gasteiger partial charge in [0.25, 0.3) is 11.8 Å². The van der Waals surface area contributed by atoms with Crippen LogP contribution in [0.15, 0.2) is 77.0 Å². The number of methoxy groups -OCH3 is 1. The maximum atomic E-state index is 12.5. The fourth-order valence-corrected chi connectivity index (χ4v) is 5.47. The normalized spacial score (nSPS) is 11.0. The van der Waals surface area contributed by atoms with Crippen LogP contribution in [0.5, 0.6) is 5.75 Å². The maximum absolute atomic E-state index is 12.5. The van der Waals surface area contributed by atoms with Gasteiger partial charge in [0.05, 0.1) is 29.9 Å². The van der Waals surface area contributed by atoms with Crippen LogP contribution < -0.4 is 15.5 Å². The Morgan fingerprint density at radius 3 is 2.77 bits per heavy atom. The molecule has 0 atom stereocenters. The highest BCUT2D eigenvalue weighted by Crippen LogP contribution is 2.35. The van der Waals surface area contributed by atoms with Crippen LogP contribution in [0.2, 0.25) is 5.02 Å². The van der Waals surface area contributed by atoms with E-state index in [4.69, 9.17) is 16.3 Å². The van der Waals surface area contributed by atoms with E-state index in [0.717, 1.165) is 32.0 Å². The van der Waals surface area contributed by atoms with E-state index in [1.807, 2.05) is 60.7 Å². The number of rotatable bonds is 9. The van der Waals surface area contributed by atoms with Gasteiger partial charge in [0.1, 0.15) is 10.6 Å². The largest absolute Gasteiger partial charge is 0.496 e. The average Bonchev–Trinajstić information content (AvgIpc) is 3.23.